The molecule has 0 bridgehead atoms. The maximum atomic E-state index is 12.3. The van der Waals surface area contributed by atoms with Crippen LogP contribution in [-0.4, -0.2) is 55.2 Å². The average molecular weight is 279 g/mol. The van der Waals surface area contributed by atoms with Gasteiger partial charge in [-0.3, -0.25) is 9.59 Å². The van der Waals surface area contributed by atoms with Crippen LogP contribution in [0.15, 0.2) is 16.9 Å². The first-order valence-electron chi connectivity index (χ1n) is 6.79. The third kappa shape index (κ3) is 3.26. The van der Waals surface area contributed by atoms with Crippen LogP contribution in [0.4, 0.5) is 0 Å². The van der Waals surface area contributed by atoms with Crippen LogP contribution in [0.2, 0.25) is 0 Å². The molecule has 0 radical (unpaired) electrons. The van der Waals surface area contributed by atoms with Gasteiger partial charge in [0, 0.05) is 37.5 Å². The molecule has 0 aliphatic carbocycles. The van der Waals surface area contributed by atoms with E-state index in [0.717, 1.165) is 18.8 Å². The van der Waals surface area contributed by atoms with Crippen molar-refractivity contribution in [3.05, 3.63) is 33.7 Å². The number of carbonyl (C=O) groups excluding carboxylic acids is 1. The molecule has 2 atom stereocenters. The van der Waals surface area contributed by atoms with Crippen molar-refractivity contribution in [1.82, 2.24) is 15.2 Å². The van der Waals surface area contributed by atoms with Gasteiger partial charge in [0.2, 0.25) is 5.56 Å². The Labute approximate surface area is 118 Å². The van der Waals surface area contributed by atoms with Crippen LogP contribution >= 0.6 is 0 Å². The van der Waals surface area contributed by atoms with E-state index >= 15 is 0 Å². The van der Waals surface area contributed by atoms with Crippen molar-refractivity contribution in [3.63, 3.8) is 0 Å². The second-order valence-corrected chi connectivity index (χ2v) is 5.19. The molecule has 1 aromatic heterocycles. The summed E-state index contributed by atoms with van der Waals surface area (Å²) >= 11 is 0. The summed E-state index contributed by atoms with van der Waals surface area (Å²) in [7, 11) is 3.63. The van der Waals surface area contributed by atoms with Crippen molar-refractivity contribution in [2.45, 2.75) is 25.5 Å². The number of aromatic amines is 1. The van der Waals surface area contributed by atoms with E-state index in [-0.39, 0.29) is 23.6 Å². The number of nitrogens with one attached hydrogen (secondary N) is 2. The molecule has 0 spiro atoms. The first-order valence-corrected chi connectivity index (χ1v) is 6.79. The standard InChI is InChI=1S/C14H21N3O3/c1-4-10-5-9(6-13(18)15-10)14(19)16-11-7-17(2)8-12(11)20-3/h5-6,11-12H,4,7-8H2,1-3H3,(H,15,18)(H,16,19)/t11-,12-/m0/s1. The molecule has 6 heteroatoms. The second kappa shape index (κ2) is 6.19. The summed E-state index contributed by atoms with van der Waals surface area (Å²) in [5.41, 5.74) is 0.908. The zero-order chi connectivity index (χ0) is 14.7. The number of carbonyl (C=O) groups is 1. The van der Waals surface area contributed by atoms with Gasteiger partial charge in [-0.25, -0.2) is 0 Å². The number of likely N-dealkylation sites (tertiary alicyclic amines) is 1. The Morgan fingerprint density at radius 2 is 2.25 bits per heavy atom. The molecule has 0 unspecified atom stereocenters. The fraction of sp³-hybridized carbons (Fsp3) is 0.571. The number of ether oxygens (including phenoxy) is 1. The Kier molecular flexibility index (Phi) is 4.57. The van der Waals surface area contributed by atoms with Crippen molar-refractivity contribution in [2.24, 2.45) is 0 Å². The molecule has 20 heavy (non-hydrogen) atoms. The minimum Gasteiger partial charge on any atom is -0.378 e. The highest BCUT2D eigenvalue weighted by molar-refractivity contribution is 5.94. The summed E-state index contributed by atoms with van der Waals surface area (Å²) < 4.78 is 5.38. The van der Waals surface area contributed by atoms with Crippen molar-refractivity contribution in [1.29, 1.82) is 0 Å². The number of amides is 1. The van der Waals surface area contributed by atoms with Gasteiger partial charge >= 0.3 is 0 Å². The summed E-state index contributed by atoms with van der Waals surface area (Å²) in [5, 5.41) is 2.95. The lowest BCUT2D eigenvalue weighted by Crippen LogP contribution is -2.43. The van der Waals surface area contributed by atoms with Crippen LogP contribution in [0.3, 0.4) is 0 Å². The van der Waals surface area contributed by atoms with Crippen molar-refractivity contribution >= 4 is 5.91 Å². The number of nitrogens with zero attached hydrogens (tertiary/aromatic N) is 1. The molecule has 110 valence electrons. The van der Waals surface area contributed by atoms with Gasteiger partial charge in [-0.1, -0.05) is 6.92 Å². The topological polar surface area (TPSA) is 74.4 Å². The normalized spacial score (nSPS) is 22.9. The molecule has 2 heterocycles. The number of methoxy groups -OCH3 is 1. The molecule has 1 amide bonds. The summed E-state index contributed by atoms with van der Waals surface area (Å²) in [6.45, 7) is 3.46. The zero-order valence-corrected chi connectivity index (χ0v) is 12.1. The van der Waals surface area contributed by atoms with Gasteiger partial charge in [-0.15, -0.1) is 0 Å². The van der Waals surface area contributed by atoms with E-state index in [1.165, 1.54) is 6.07 Å². The maximum Gasteiger partial charge on any atom is 0.251 e. The van der Waals surface area contributed by atoms with Gasteiger partial charge in [0.05, 0.1) is 12.1 Å². The third-order valence-electron chi connectivity index (χ3n) is 3.61. The molecule has 1 aliphatic rings. The van der Waals surface area contributed by atoms with Crippen LogP contribution in [0, 0.1) is 0 Å². The van der Waals surface area contributed by atoms with Crippen LogP contribution in [-0.2, 0) is 11.2 Å². The molecule has 0 aromatic carbocycles. The first kappa shape index (κ1) is 14.7. The average Bonchev–Trinajstić information content (AvgIpc) is 2.77. The fourth-order valence-corrected chi connectivity index (χ4v) is 2.51. The number of pyridine rings is 1. The van der Waals surface area contributed by atoms with Gasteiger partial charge in [0.25, 0.3) is 5.91 Å². The molecule has 1 fully saturated rings. The maximum absolute atomic E-state index is 12.3. The summed E-state index contributed by atoms with van der Waals surface area (Å²) in [6, 6.07) is 2.99. The van der Waals surface area contributed by atoms with Crippen LogP contribution < -0.4 is 10.9 Å². The van der Waals surface area contributed by atoms with Crippen LogP contribution in [0.5, 0.6) is 0 Å². The van der Waals surface area contributed by atoms with Gasteiger partial charge in [-0.05, 0) is 19.5 Å². The van der Waals surface area contributed by atoms with Crippen molar-refractivity contribution in [2.75, 3.05) is 27.2 Å². The molecular weight excluding hydrogens is 258 g/mol. The second-order valence-electron chi connectivity index (χ2n) is 5.19. The Morgan fingerprint density at radius 1 is 1.50 bits per heavy atom. The Balaban J connectivity index is 2.12. The highest BCUT2D eigenvalue weighted by Crippen LogP contribution is 2.12. The van der Waals surface area contributed by atoms with E-state index in [2.05, 4.69) is 15.2 Å². The number of hydrogen-bond acceptors (Lipinski definition) is 4. The quantitative estimate of drug-likeness (QED) is 0.813. The monoisotopic (exact) mass is 279 g/mol. The molecule has 2 N–H and O–H groups in total. The molecule has 6 nitrogen and oxygen atoms in total. The van der Waals surface area contributed by atoms with Crippen molar-refractivity contribution < 1.29 is 9.53 Å². The summed E-state index contributed by atoms with van der Waals surface area (Å²) in [5.74, 6) is -0.229. The zero-order valence-electron chi connectivity index (χ0n) is 12.1. The Morgan fingerprint density at radius 3 is 2.90 bits per heavy atom. The first-order chi connectivity index (χ1) is 9.53. The third-order valence-corrected chi connectivity index (χ3v) is 3.61. The van der Waals surface area contributed by atoms with Crippen LogP contribution in [0.1, 0.15) is 23.0 Å². The number of H-pyrrole nitrogens is 1. The number of aryl methyl sites for hydroxylation is 1. The Hall–Kier alpha value is -1.66. The highest BCUT2D eigenvalue weighted by Gasteiger charge is 2.32. The van der Waals surface area contributed by atoms with Gasteiger partial charge in [0.1, 0.15) is 0 Å². The minimum absolute atomic E-state index is 0.0170. The minimum atomic E-state index is -0.249. The van der Waals surface area contributed by atoms with E-state index in [4.69, 9.17) is 4.74 Å². The Bertz CT molecular complexity index is 541. The van der Waals surface area contributed by atoms with E-state index in [9.17, 15) is 9.59 Å². The van der Waals surface area contributed by atoms with Crippen molar-refractivity contribution in [3.8, 4) is 0 Å². The lowest BCUT2D eigenvalue weighted by atomic mass is 10.1. The predicted octanol–water partition coefficient (Wildman–Crippen LogP) is -0.00390. The van der Waals surface area contributed by atoms with Crippen LogP contribution in [0.25, 0.3) is 0 Å². The van der Waals surface area contributed by atoms with E-state index in [0.29, 0.717) is 12.0 Å². The molecule has 0 saturated carbocycles. The number of rotatable bonds is 4. The highest BCUT2D eigenvalue weighted by atomic mass is 16.5. The molecule has 1 aliphatic heterocycles. The van der Waals surface area contributed by atoms with Gasteiger partial charge in [0.15, 0.2) is 0 Å². The molecule has 1 saturated heterocycles. The van der Waals surface area contributed by atoms with Gasteiger partial charge in [-0.2, -0.15) is 0 Å². The van der Waals surface area contributed by atoms with E-state index in [1.54, 1.807) is 13.2 Å². The van der Waals surface area contributed by atoms with E-state index in [1.807, 2.05) is 14.0 Å². The van der Waals surface area contributed by atoms with E-state index < -0.39 is 0 Å². The molecular formula is C14H21N3O3. The SMILES string of the molecule is CCc1cc(C(=O)N[C@H]2CN(C)C[C@@H]2OC)cc(=O)[nH]1. The number of aromatic nitrogens is 1. The molecule has 2 rings (SSSR count). The molecule has 1 aromatic rings. The predicted molar refractivity (Wildman–Crippen MR) is 76.0 cm³/mol. The lowest BCUT2D eigenvalue weighted by Gasteiger charge is -2.18. The lowest BCUT2D eigenvalue weighted by molar-refractivity contribution is 0.0766. The smallest absolute Gasteiger partial charge is 0.251 e. The summed E-state index contributed by atoms with van der Waals surface area (Å²) in [6.07, 6.45) is 0.667. The summed E-state index contributed by atoms with van der Waals surface area (Å²) in [4.78, 5) is 28.6. The fourth-order valence-electron chi connectivity index (χ4n) is 2.51. The van der Waals surface area contributed by atoms with Gasteiger partial charge < -0.3 is 19.9 Å². The number of likely N-dealkylation sites (N-methyl/N-ethyl adjacent to an activating group) is 1. The largest absolute Gasteiger partial charge is 0.378 e. The number of hydrogen-bond donors (Lipinski definition) is 2.